The van der Waals surface area contributed by atoms with E-state index in [0.717, 1.165) is 0 Å². The predicted octanol–water partition coefficient (Wildman–Crippen LogP) is 7.27. The van der Waals surface area contributed by atoms with Crippen molar-refractivity contribution in [1.29, 1.82) is 0 Å². The summed E-state index contributed by atoms with van der Waals surface area (Å²) in [5.41, 5.74) is 9.38. The first-order chi connectivity index (χ1) is 17.7. The third-order valence-electron chi connectivity index (χ3n) is 10.3. The number of likely N-dealkylation sites (tertiary alicyclic amines) is 1. The lowest BCUT2D eigenvalue weighted by atomic mass is 9.66. The van der Waals surface area contributed by atoms with Crippen molar-refractivity contribution in [1.82, 2.24) is 4.90 Å². The average Bonchev–Trinajstić information content (AvgIpc) is 3.21. The van der Waals surface area contributed by atoms with E-state index in [2.05, 4.69) is 130 Å². The first-order valence-corrected chi connectivity index (χ1v) is 14.3. The molecule has 0 spiro atoms. The molecule has 2 nitrogen and oxygen atoms in total. The SMILES string of the molecule is CN1/C(=C/C=C/C=C/C2=[N+](C)[C@@H]3CCc4ccccc4[C@@H]3C2(C)C)C(C)(C)[C@@H]2c3ccccc3CC[C@@H]21. The molecule has 0 saturated carbocycles. The zero-order chi connectivity index (χ0) is 25.9. The van der Waals surface area contributed by atoms with Crippen molar-refractivity contribution in [3.8, 4) is 0 Å². The fourth-order valence-corrected chi connectivity index (χ4v) is 8.67. The third-order valence-corrected chi connectivity index (χ3v) is 10.3. The van der Waals surface area contributed by atoms with E-state index in [1.54, 1.807) is 22.3 Å². The molecule has 0 unspecified atom stereocenters. The highest BCUT2D eigenvalue weighted by Crippen LogP contribution is 2.56. The lowest BCUT2D eigenvalue weighted by molar-refractivity contribution is -0.533. The number of nitrogens with zero attached hydrogens (tertiary/aromatic N) is 2. The molecule has 0 aromatic heterocycles. The van der Waals surface area contributed by atoms with Gasteiger partial charge in [0.05, 0.1) is 11.3 Å². The lowest BCUT2D eigenvalue weighted by Gasteiger charge is -2.35. The van der Waals surface area contributed by atoms with E-state index < -0.39 is 0 Å². The van der Waals surface area contributed by atoms with Gasteiger partial charge in [-0.1, -0.05) is 80.6 Å². The summed E-state index contributed by atoms with van der Waals surface area (Å²) in [6.07, 6.45) is 16.4. The molecule has 2 aromatic carbocycles. The van der Waals surface area contributed by atoms with Crippen LogP contribution in [0.3, 0.4) is 0 Å². The van der Waals surface area contributed by atoms with Crippen LogP contribution in [0.5, 0.6) is 0 Å². The van der Waals surface area contributed by atoms with Gasteiger partial charge in [-0.25, -0.2) is 4.58 Å². The monoisotopic (exact) mass is 491 g/mol. The van der Waals surface area contributed by atoms with Crippen LogP contribution in [0.2, 0.25) is 0 Å². The molecule has 2 aromatic rings. The largest absolute Gasteiger partial charge is 0.374 e. The van der Waals surface area contributed by atoms with Crippen LogP contribution in [-0.2, 0) is 12.8 Å². The third kappa shape index (κ3) is 3.70. The van der Waals surface area contributed by atoms with Gasteiger partial charge in [0.25, 0.3) is 0 Å². The van der Waals surface area contributed by atoms with E-state index >= 15 is 0 Å². The summed E-state index contributed by atoms with van der Waals surface area (Å²) in [6.45, 7) is 9.77. The molecule has 2 heterocycles. The van der Waals surface area contributed by atoms with Crippen molar-refractivity contribution in [2.24, 2.45) is 10.8 Å². The van der Waals surface area contributed by atoms with Crippen molar-refractivity contribution in [2.45, 2.75) is 77.3 Å². The van der Waals surface area contributed by atoms with Crippen LogP contribution in [0.25, 0.3) is 0 Å². The van der Waals surface area contributed by atoms with E-state index in [0.29, 0.717) is 23.9 Å². The molecule has 2 aliphatic heterocycles. The molecule has 2 aliphatic carbocycles. The maximum Gasteiger partial charge on any atom is 0.182 e. The molecule has 1 saturated heterocycles. The van der Waals surface area contributed by atoms with Gasteiger partial charge in [0.1, 0.15) is 7.05 Å². The fourth-order valence-electron chi connectivity index (χ4n) is 8.67. The highest BCUT2D eigenvalue weighted by Gasteiger charge is 2.55. The number of hydrogen-bond acceptors (Lipinski definition) is 1. The Morgan fingerprint density at radius 1 is 0.784 bits per heavy atom. The van der Waals surface area contributed by atoms with Gasteiger partial charge < -0.3 is 4.90 Å². The van der Waals surface area contributed by atoms with Crippen molar-refractivity contribution in [3.05, 3.63) is 107 Å². The Morgan fingerprint density at radius 2 is 1.41 bits per heavy atom. The molecule has 6 rings (SSSR count). The summed E-state index contributed by atoms with van der Waals surface area (Å²) >= 11 is 0. The van der Waals surface area contributed by atoms with Gasteiger partial charge in [0, 0.05) is 42.6 Å². The van der Waals surface area contributed by atoms with Crippen LogP contribution in [0.1, 0.15) is 74.6 Å². The van der Waals surface area contributed by atoms with Crippen LogP contribution in [-0.4, -0.2) is 41.4 Å². The smallest absolute Gasteiger partial charge is 0.182 e. The molecular formula is C35H43N2+. The van der Waals surface area contributed by atoms with E-state index in [1.807, 2.05) is 0 Å². The van der Waals surface area contributed by atoms with Crippen LogP contribution >= 0.6 is 0 Å². The normalized spacial score (nSPS) is 30.6. The van der Waals surface area contributed by atoms with Crippen LogP contribution in [0, 0.1) is 10.8 Å². The highest BCUT2D eigenvalue weighted by molar-refractivity contribution is 5.97. The zero-order valence-electron chi connectivity index (χ0n) is 23.5. The first kappa shape index (κ1) is 24.5. The van der Waals surface area contributed by atoms with Gasteiger partial charge in [-0.3, -0.25) is 0 Å². The van der Waals surface area contributed by atoms with Crippen molar-refractivity contribution < 1.29 is 4.58 Å². The molecular weight excluding hydrogens is 448 g/mol. The number of hydrogen-bond donors (Lipinski definition) is 0. The van der Waals surface area contributed by atoms with Crippen molar-refractivity contribution >= 4 is 5.71 Å². The van der Waals surface area contributed by atoms with Crippen LogP contribution in [0.15, 0.2) is 84.6 Å². The number of allylic oxidation sites excluding steroid dienone is 6. The van der Waals surface area contributed by atoms with Gasteiger partial charge in [0.15, 0.2) is 11.8 Å². The van der Waals surface area contributed by atoms with E-state index in [9.17, 15) is 0 Å². The summed E-state index contributed by atoms with van der Waals surface area (Å²) in [7, 11) is 4.61. The number of benzene rings is 2. The molecule has 0 N–H and O–H groups in total. The second-order valence-electron chi connectivity index (χ2n) is 12.9. The predicted molar refractivity (Wildman–Crippen MR) is 155 cm³/mol. The Hall–Kier alpha value is -2.87. The van der Waals surface area contributed by atoms with Gasteiger partial charge >= 0.3 is 0 Å². The molecule has 1 fully saturated rings. The van der Waals surface area contributed by atoms with E-state index in [4.69, 9.17) is 0 Å². The van der Waals surface area contributed by atoms with Gasteiger partial charge in [-0.15, -0.1) is 0 Å². The summed E-state index contributed by atoms with van der Waals surface area (Å²) < 4.78 is 2.57. The Balaban J connectivity index is 1.24. The summed E-state index contributed by atoms with van der Waals surface area (Å²) in [4.78, 5) is 2.57. The minimum Gasteiger partial charge on any atom is -0.374 e. The quantitative estimate of drug-likeness (QED) is 0.323. The maximum absolute atomic E-state index is 2.57. The molecule has 4 aliphatic rings. The Bertz CT molecular complexity index is 1330. The van der Waals surface area contributed by atoms with Crippen molar-refractivity contribution in [3.63, 3.8) is 0 Å². The molecule has 37 heavy (non-hydrogen) atoms. The topological polar surface area (TPSA) is 6.25 Å². The lowest BCUT2D eigenvalue weighted by Crippen LogP contribution is -2.34. The summed E-state index contributed by atoms with van der Waals surface area (Å²) in [6, 6.07) is 19.4. The van der Waals surface area contributed by atoms with Crippen LogP contribution < -0.4 is 0 Å². The molecule has 0 radical (unpaired) electrons. The molecule has 2 heteroatoms. The molecule has 0 amide bonds. The molecule has 4 atom stereocenters. The minimum atomic E-state index is 0.121. The maximum atomic E-state index is 2.57. The minimum absolute atomic E-state index is 0.121. The first-order valence-electron chi connectivity index (χ1n) is 14.3. The van der Waals surface area contributed by atoms with Gasteiger partial charge in [-0.05, 0) is 61.4 Å². The number of likely N-dealkylation sites (N-methyl/N-ethyl adjacent to an activating group) is 2. The summed E-state index contributed by atoms with van der Waals surface area (Å²) in [5.74, 6) is 1.12. The van der Waals surface area contributed by atoms with E-state index in [1.165, 1.54) is 37.1 Å². The second kappa shape index (κ2) is 8.86. The zero-order valence-corrected chi connectivity index (χ0v) is 23.5. The molecule has 0 bridgehead atoms. The van der Waals surface area contributed by atoms with Crippen molar-refractivity contribution in [2.75, 3.05) is 14.1 Å². The Morgan fingerprint density at radius 3 is 2.11 bits per heavy atom. The summed E-state index contributed by atoms with van der Waals surface area (Å²) in [5, 5.41) is 0. The fraction of sp³-hybridized carbons (Fsp3) is 0.457. The number of fused-ring (bicyclic) bond motifs is 6. The van der Waals surface area contributed by atoms with Crippen LogP contribution in [0.4, 0.5) is 0 Å². The highest BCUT2D eigenvalue weighted by atomic mass is 15.2. The van der Waals surface area contributed by atoms with E-state index in [-0.39, 0.29) is 10.8 Å². The number of rotatable bonds is 3. The Labute approximate surface area is 224 Å². The standard InChI is InChI=1S/C35H43N2/c1-34(2)30(36(5)28-22-20-24-14-10-12-16-26(24)32(28)34)18-8-7-9-19-31-35(3,4)33-27-17-13-11-15-25(27)21-23-29(33)37(31)6/h7-19,28-29,32-33H,20-23H2,1-6H3/q+1/t28-,29+,32+,33-. The number of aryl methyl sites for hydroxylation is 2. The average molecular weight is 492 g/mol. The Kier molecular flexibility index (Phi) is 5.86. The molecule has 192 valence electrons. The van der Waals surface area contributed by atoms with Gasteiger partial charge in [-0.2, -0.15) is 0 Å². The van der Waals surface area contributed by atoms with Gasteiger partial charge in [0.2, 0.25) is 0 Å². The second-order valence-corrected chi connectivity index (χ2v) is 12.9.